The number of nitrogens with zero attached hydrogens (tertiary/aromatic N) is 7. The third-order valence-electron chi connectivity index (χ3n) is 20.7. The summed E-state index contributed by atoms with van der Waals surface area (Å²) >= 11 is 0. The Labute approximate surface area is 638 Å². The molecular formula is C77H107N11O22. The highest BCUT2D eigenvalue weighted by Gasteiger charge is 2.43. The minimum Gasteiger partial charge on any atom is -0.512 e. The van der Waals surface area contributed by atoms with Crippen LogP contribution in [0.5, 0.6) is 0 Å². The molecule has 3 saturated heterocycles. The molecule has 4 heterocycles. The SMILES string of the molecule is C=C(O)CN1CCN(CC(=O)O)CCN(CC(=O)CCC2CCC(C(=O)N[C@@H](Cc3ccc4ccccc4c3)C(=O)NCCCC[C@H](CC(=O)C[C@@H](CCC(=O)OC(C)OC(=O)[C@@H]3CCCN3C(=O)[C@H](CO)NC(=O)[C@@H]3CCCN3C(=O)[C@@H](C)NC(=O)c3ccncc3)C(=O)O)C(=O)O)CC2)CCN(CC(=O)O)CC1. The standard InChI is InChI=1S/C77H107N11O22/c1-49(90)44-83-32-36-85(46-66(93)94)38-34-84(35-39-86(37-33-83)47-67(95)96)45-60(91)23-18-52-15-20-55(21-16-52)70(99)81-62(41-53-17-19-54-10-4-5-11-57(54)40-53)71(100)79-27-7-6-12-58(75(104)105)42-61(92)43-59(76(106)107)22-24-68(97)109-51(3)110-77(108)65-14-9-31-88(65)74(103)63(48-89)82-72(101)64-13-8-30-87(64)73(102)50(2)80-69(98)56-25-28-78-29-26-56/h4-5,10-11,17,19,25-26,28-29,40,50-52,55,58-59,62-65,89-90H,1,6-9,12-16,18,20-24,27,30-39,41-48H2,2-3H3,(H,79,100)(H,80,98)(H,81,99)(H,82,101)(H,93,94)(H,95,96)(H,104,105)(H,106,107)/t50-,51?,52?,55?,58-,59-,62+,63+,64+,65+/m1/s1. The van der Waals surface area contributed by atoms with Crippen molar-refractivity contribution in [3.05, 3.63) is 90.5 Å². The molecule has 3 aromatic rings. The van der Waals surface area contributed by atoms with Crippen molar-refractivity contribution in [1.29, 1.82) is 0 Å². The van der Waals surface area contributed by atoms with Gasteiger partial charge in [0.2, 0.25) is 35.8 Å². The van der Waals surface area contributed by atoms with Gasteiger partial charge in [-0.15, -0.1) is 0 Å². The maximum Gasteiger partial charge on any atom is 0.331 e. The number of ether oxygens (including phenoxy) is 2. The molecule has 3 aliphatic heterocycles. The number of unbranched alkanes of at least 4 members (excludes halogenated alkanes) is 1. The highest BCUT2D eigenvalue weighted by atomic mass is 16.7. The van der Waals surface area contributed by atoms with Crippen LogP contribution in [0.25, 0.3) is 10.8 Å². The van der Waals surface area contributed by atoms with Gasteiger partial charge in [0.15, 0.2) is 0 Å². The van der Waals surface area contributed by atoms with E-state index in [1.807, 2.05) is 52.3 Å². The van der Waals surface area contributed by atoms with E-state index in [4.69, 9.17) is 9.47 Å². The summed E-state index contributed by atoms with van der Waals surface area (Å²) < 4.78 is 10.6. The summed E-state index contributed by atoms with van der Waals surface area (Å²) in [6.45, 7) is 8.45. The van der Waals surface area contributed by atoms with Gasteiger partial charge in [0.1, 0.15) is 41.8 Å². The van der Waals surface area contributed by atoms with E-state index in [1.165, 1.54) is 43.3 Å². The zero-order valence-corrected chi connectivity index (χ0v) is 62.7. The van der Waals surface area contributed by atoms with E-state index in [0.717, 1.165) is 21.2 Å². The van der Waals surface area contributed by atoms with Crippen LogP contribution in [0.4, 0.5) is 0 Å². The van der Waals surface area contributed by atoms with Crippen LogP contribution >= 0.6 is 0 Å². The number of fused-ring (bicyclic) bond motifs is 1. The lowest BCUT2D eigenvalue weighted by Crippen LogP contribution is -2.58. The first-order valence-electron chi connectivity index (χ1n) is 37.9. The Hall–Kier alpha value is -9.83. The van der Waals surface area contributed by atoms with Crippen LogP contribution < -0.4 is 21.3 Å². The number of hydrogen-bond acceptors (Lipinski definition) is 23. The lowest BCUT2D eigenvalue weighted by atomic mass is 9.79. The van der Waals surface area contributed by atoms with E-state index in [2.05, 4.69) is 32.8 Å². The van der Waals surface area contributed by atoms with E-state index in [9.17, 15) is 97.8 Å². The Balaban J connectivity index is 0.826. The molecule has 1 saturated carbocycles. The number of pyridine rings is 1. The third-order valence-corrected chi connectivity index (χ3v) is 20.7. The van der Waals surface area contributed by atoms with Crippen LogP contribution in [-0.2, 0) is 78.2 Å². The van der Waals surface area contributed by atoms with Gasteiger partial charge in [-0.2, -0.15) is 0 Å². The first kappa shape index (κ1) is 87.4. The molecule has 0 bridgehead atoms. The fraction of sp³-hybridized carbons (Fsp3) is 0.597. The molecule has 1 aromatic heterocycles. The molecule has 0 spiro atoms. The largest absolute Gasteiger partial charge is 0.512 e. The van der Waals surface area contributed by atoms with E-state index in [0.29, 0.717) is 97.3 Å². The van der Waals surface area contributed by atoms with Gasteiger partial charge in [0, 0.05) is 135 Å². The molecule has 0 radical (unpaired) electrons. The fourth-order valence-corrected chi connectivity index (χ4v) is 14.6. The second-order valence-corrected chi connectivity index (χ2v) is 29.1. The van der Waals surface area contributed by atoms with Gasteiger partial charge in [-0.25, -0.2) is 4.79 Å². The number of nitrogens with one attached hydrogen (secondary N) is 4. The number of carboxylic acid groups (broad SMARTS) is 4. The Morgan fingerprint density at radius 2 is 1.12 bits per heavy atom. The maximum atomic E-state index is 14.1. The van der Waals surface area contributed by atoms with Gasteiger partial charge in [0.05, 0.1) is 50.4 Å². The fourth-order valence-electron chi connectivity index (χ4n) is 14.6. The number of carbonyl (C=O) groups excluding carboxylic acids is 10. The molecule has 33 nitrogen and oxygen atoms in total. The zero-order valence-electron chi connectivity index (χ0n) is 62.7. The van der Waals surface area contributed by atoms with Crippen LogP contribution in [0.1, 0.15) is 139 Å². The summed E-state index contributed by atoms with van der Waals surface area (Å²) in [6, 6.07) is 10.6. The van der Waals surface area contributed by atoms with Crippen molar-refractivity contribution in [3.8, 4) is 0 Å². The average Bonchev–Trinajstić information content (AvgIpc) is 1.62. The van der Waals surface area contributed by atoms with Gasteiger partial charge >= 0.3 is 35.8 Å². The molecule has 6 amide bonds. The van der Waals surface area contributed by atoms with E-state index >= 15 is 0 Å². The molecule has 1 aliphatic carbocycles. The maximum absolute atomic E-state index is 14.1. The zero-order chi connectivity index (χ0) is 80.0. The van der Waals surface area contributed by atoms with E-state index in [1.54, 1.807) is 9.80 Å². The molecule has 110 heavy (non-hydrogen) atoms. The number of aliphatic hydroxyl groups is 2. The molecule has 7 rings (SSSR count). The van der Waals surface area contributed by atoms with Crippen LogP contribution in [0.2, 0.25) is 0 Å². The van der Waals surface area contributed by atoms with Crippen molar-refractivity contribution in [2.75, 3.05) is 105 Å². The highest BCUT2D eigenvalue weighted by molar-refractivity contribution is 5.99. The molecule has 1 unspecified atom stereocenters. The number of carbonyl (C=O) groups is 14. The van der Waals surface area contributed by atoms with Crippen molar-refractivity contribution < 1.29 is 107 Å². The first-order valence-corrected chi connectivity index (χ1v) is 37.9. The highest BCUT2D eigenvalue weighted by Crippen LogP contribution is 2.33. The number of aliphatic hydroxyl groups excluding tert-OH is 2. The summed E-state index contributed by atoms with van der Waals surface area (Å²) in [7, 11) is 0. The minimum absolute atomic E-state index is 0.00881. The lowest BCUT2D eigenvalue weighted by molar-refractivity contribution is -0.188. The Morgan fingerprint density at radius 1 is 0.564 bits per heavy atom. The molecule has 602 valence electrons. The van der Waals surface area contributed by atoms with Gasteiger partial charge in [0.25, 0.3) is 5.91 Å². The Kier molecular flexibility index (Phi) is 35.1. The quantitative estimate of drug-likeness (QED) is 0.0169. The Bertz CT molecular complexity index is 3670. The number of carboxylic acids is 4. The predicted octanol–water partition coefficient (Wildman–Crippen LogP) is 2.41. The summed E-state index contributed by atoms with van der Waals surface area (Å²) in [5.74, 6) is -13.8. The van der Waals surface area contributed by atoms with Crippen molar-refractivity contribution in [2.45, 2.75) is 166 Å². The van der Waals surface area contributed by atoms with Crippen LogP contribution in [0.15, 0.2) is 79.3 Å². The first-order chi connectivity index (χ1) is 52.5. The second-order valence-electron chi connectivity index (χ2n) is 29.1. The van der Waals surface area contributed by atoms with Crippen molar-refractivity contribution in [3.63, 3.8) is 0 Å². The van der Waals surface area contributed by atoms with Gasteiger partial charge in [-0.05, 0) is 118 Å². The summed E-state index contributed by atoms with van der Waals surface area (Å²) in [5.41, 5.74) is 1.06. The monoisotopic (exact) mass is 1540 g/mol. The third kappa shape index (κ3) is 28.6. The van der Waals surface area contributed by atoms with E-state index < -0.39 is 158 Å². The molecule has 8 atom stereocenters. The predicted molar refractivity (Wildman–Crippen MR) is 396 cm³/mol. The summed E-state index contributed by atoms with van der Waals surface area (Å²) in [4.78, 5) is 197. The summed E-state index contributed by atoms with van der Waals surface area (Å²) in [6.07, 6.45) is 4.22. The van der Waals surface area contributed by atoms with E-state index in [-0.39, 0.29) is 120 Å². The topological polar surface area (TPSA) is 459 Å². The van der Waals surface area contributed by atoms with Crippen molar-refractivity contribution in [1.82, 2.24) is 55.7 Å². The number of Topliss-reactive ketones (excluding diaryl/α,β-unsaturated/α-hetero) is 2. The van der Waals surface area contributed by atoms with Crippen LogP contribution in [0.3, 0.4) is 0 Å². The van der Waals surface area contributed by atoms with Crippen molar-refractivity contribution >= 4 is 93.6 Å². The number of likely N-dealkylation sites (tertiary alicyclic amines) is 2. The normalized spacial score (nSPS) is 20.0. The number of benzene rings is 2. The lowest BCUT2D eigenvalue weighted by Gasteiger charge is -2.33. The van der Waals surface area contributed by atoms with Gasteiger partial charge in [-0.3, -0.25) is 86.9 Å². The molecule has 2 aromatic carbocycles. The second kappa shape index (κ2) is 44.1. The molecule has 4 fully saturated rings. The smallest absolute Gasteiger partial charge is 0.331 e. The van der Waals surface area contributed by atoms with Crippen LogP contribution in [0, 0.1) is 23.7 Å². The van der Waals surface area contributed by atoms with Crippen molar-refractivity contribution in [2.24, 2.45) is 23.7 Å². The number of amides is 6. The number of rotatable bonds is 40. The number of aromatic nitrogens is 1. The Morgan fingerprint density at radius 3 is 1.70 bits per heavy atom. The average molecular weight is 1540 g/mol. The van der Waals surface area contributed by atoms with Crippen LogP contribution in [-0.4, -0.2) is 289 Å². The molecule has 10 N–H and O–H groups in total. The minimum atomic E-state index is -1.54. The molecule has 4 aliphatic rings. The van der Waals surface area contributed by atoms with Gasteiger partial charge in [-0.1, -0.05) is 55.5 Å². The number of ketones is 2. The molecule has 33 heteroatoms. The number of aliphatic carboxylic acids is 4. The van der Waals surface area contributed by atoms with Gasteiger partial charge < -0.3 is 71.2 Å². The summed E-state index contributed by atoms with van der Waals surface area (Å²) in [5, 5.41) is 72.6. The number of hydrogen-bond donors (Lipinski definition) is 10. The molecular weight excluding hydrogens is 1430 g/mol. The number of esters is 2.